The molecule has 0 aliphatic rings. The van der Waals surface area contributed by atoms with Crippen LogP contribution in [0.3, 0.4) is 0 Å². The van der Waals surface area contributed by atoms with Crippen LogP contribution < -0.4 is 0 Å². The van der Waals surface area contributed by atoms with E-state index in [9.17, 15) is 0 Å². The van der Waals surface area contributed by atoms with Gasteiger partial charge in [0.25, 0.3) is 0 Å². The van der Waals surface area contributed by atoms with Gasteiger partial charge in [0, 0.05) is 19.4 Å². The molecule has 0 unspecified atom stereocenters. The first-order chi connectivity index (χ1) is 9.27. The third kappa shape index (κ3) is 6.88. The highest BCUT2D eigenvalue weighted by atomic mass is 79.9. The standard InChI is InChI=1S/C16H24BrNO/c1-3-5-12-19-13-14(7-4-2)9-10-15-8-6-11-18-16(15)17/h4,6,8,11,14H,2-3,5,7,9-10,12-13H2,1H3/t14-/m0/s1. The lowest BCUT2D eigenvalue weighted by Crippen LogP contribution is -2.11. The fraction of sp³-hybridized carbons (Fsp3) is 0.562. The van der Waals surface area contributed by atoms with Gasteiger partial charge < -0.3 is 4.74 Å². The van der Waals surface area contributed by atoms with Crippen molar-refractivity contribution in [2.24, 2.45) is 5.92 Å². The molecule has 0 saturated carbocycles. The van der Waals surface area contributed by atoms with Crippen LogP contribution in [0.15, 0.2) is 35.6 Å². The Bertz CT molecular complexity index is 368. The van der Waals surface area contributed by atoms with E-state index in [1.54, 1.807) is 0 Å². The highest BCUT2D eigenvalue weighted by molar-refractivity contribution is 9.10. The number of nitrogens with zero attached hydrogens (tertiary/aromatic N) is 1. The number of aromatic nitrogens is 1. The molecule has 3 heteroatoms. The molecule has 2 nitrogen and oxygen atoms in total. The van der Waals surface area contributed by atoms with Gasteiger partial charge in [-0.1, -0.05) is 25.5 Å². The molecule has 106 valence electrons. The van der Waals surface area contributed by atoms with Gasteiger partial charge in [-0.25, -0.2) is 4.98 Å². The van der Waals surface area contributed by atoms with Gasteiger partial charge in [0.1, 0.15) is 4.60 Å². The van der Waals surface area contributed by atoms with E-state index >= 15 is 0 Å². The van der Waals surface area contributed by atoms with Crippen molar-refractivity contribution >= 4 is 15.9 Å². The normalized spacial score (nSPS) is 12.3. The summed E-state index contributed by atoms with van der Waals surface area (Å²) >= 11 is 3.50. The van der Waals surface area contributed by atoms with Gasteiger partial charge in [0.05, 0.1) is 0 Å². The van der Waals surface area contributed by atoms with Crippen LogP contribution in [0.1, 0.15) is 38.2 Å². The number of hydrogen-bond donors (Lipinski definition) is 0. The van der Waals surface area contributed by atoms with Crippen molar-refractivity contribution in [3.8, 4) is 0 Å². The van der Waals surface area contributed by atoms with Crippen molar-refractivity contribution in [3.63, 3.8) is 0 Å². The highest BCUT2D eigenvalue weighted by Crippen LogP contribution is 2.19. The summed E-state index contributed by atoms with van der Waals surface area (Å²) in [5.41, 5.74) is 1.27. The average molecular weight is 326 g/mol. The van der Waals surface area contributed by atoms with Gasteiger partial charge in [0.15, 0.2) is 0 Å². The Balaban J connectivity index is 2.36. The van der Waals surface area contributed by atoms with E-state index < -0.39 is 0 Å². The molecular formula is C16H24BrNO. The first kappa shape index (κ1) is 16.4. The van der Waals surface area contributed by atoms with Gasteiger partial charge in [0.2, 0.25) is 0 Å². The van der Waals surface area contributed by atoms with E-state index in [-0.39, 0.29) is 0 Å². The molecule has 0 aromatic carbocycles. The van der Waals surface area contributed by atoms with Crippen LogP contribution in [0.5, 0.6) is 0 Å². The minimum absolute atomic E-state index is 0.557. The molecule has 0 fully saturated rings. The fourth-order valence-electron chi connectivity index (χ4n) is 1.97. The summed E-state index contributed by atoms with van der Waals surface area (Å²) < 4.78 is 6.69. The minimum Gasteiger partial charge on any atom is -0.381 e. The van der Waals surface area contributed by atoms with Crippen molar-refractivity contribution in [2.45, 2.75) is 39.0 Å². The molecular weight excluding hydrogens is 302 g/mol. The summed E-state index contributed by atoms with van der Waals surface area (Å²) in [6.45, 7) is 7.74. The summed E-state index contributed by atoms with van der Waals surface area (Å²) in [6.07, 6.45) is 9.30. The molecule has 1 aromatic heterocycles. The van der Waals surface area contributed by atoms with Crippen LogP contribution in [-0.2, 0) is 11.2 Å². The Hall–Kier alpha value is -0.670. The third-order valence-corrected chi connectivity index (χ3v) is 3.87. The molecule has 0 N–H and O–H groups in total. The molecule has 0 bridgehead atoms. The van der Waals surface area contributed by atoms with Crippen molar-refractivity contribution < 1.29 is 4.74 Å². The molecule has 0 radical (unpaired) electrons. The smallest absolute Gasteiger partial charge is 0.109 e. The number of hydrogen-bond acceptors (Lipinski definition) is 2. The number of unbranched alkanes of at least 4 members (excludes halogenated alkanes) is 1. The SMILES string of the molecule is C=CC[C@@H](CCc1cccnc1Br)COCCCC. The van der Waals surface area contributed by atoms with Crippen molar-refractivity contribution in [2.75, 3.05) is 13.2 Å². The molecule has 1 rings (SSSR count). The van der Waals surface area contributed by atoms with Crippen LogP contribution in [-0.4, -0.2) is 18.2 Å². The Morgan fingerprint density at radius 2 is 2.37 bits per heavy atom. The fourth-order valence-corrected chi connectivity index (χ4v) is 2.42. The molecule has 0 saturated heterocycles. The van der Waals surface area contributed by atoms with Crippen LogP contribution in [0.25, 0.3) is 0 Å². The lowest BCUT2D eigenvalue weighted by Gasteiger charge is -2.15. The van der Waals surface area contributed by atoms with Gasteiger partial charge >= 0.3 is 0 Å². The molecule has 1 heterocycles. The number of ether oxygens (including phenoxy) is 1. The zero-order valence-electron chi connectivity index (χ0n) is 11.8. The lowest BCUT2D eigenvalue weighted by atomic mass is 9.98. The average Bonchev–Trinajstić information content (AvgIpc) is 2.42. The zero-order valence-corrected chi connectivity index (χ0v) is 13.4. The molecule has 1 atom stereocenters. The number of rotatable bonds is 10. The maximum absolute atomic E-state index is 5.73. The lowest BCUT2D eigenvalue weighted by molar-refractivity contribution is 0.0949. The summed E-state index contributed by atoms with van der Waals surface area (Å²) in [4.78, 5) is 4.25. The number of halogens is 1. The van der Waals surface area contributed by atoms with Crippen LogP contribution in [0.4, 0.5) is 0 Å². The first-order valence-electron chi connectivity index (χ1n) is 7.06. The van der Waals surface area contributed by atoms with E-state index in [1.165, 1.54) is 12.0 Å². The summed E-state index contributed by atoms with van der Waals surface area (Å²) in [7, 11) is 0. The van der Waals surface area contributed by atoms with Crippen molar-refractivity contribution in [1.82, 2.24) is 4.98 Å². The zero-order chi connectivity index (χ0) is 13.9. The van der Waals surface area contributed by atoms with Crippen LogP contribution >= 0.6 is 15.9 Å². The van der Waals surface area contributed by atoms with Gasteiger partial charge in [-0.05, 0) is 59.2 Å². The second-order valence-corrected chi connectivity index (χ2v) is 5.56. The third-order valence-electron chi connectivity index (χ3n) is 3.15. The molecule has 1 aromatic rings. The molecule has 0 amide bonds. The summed E-state index contributed by atoms with van der Waals surface area (Å²) in [5.74, 6) is 0.557. The molecule has 0 aliphatic carbocycles. The van der Waals surface area contributed by atoms with E-state index in [0.717, 1.165) is 43.5 Å². The van der Waals surface area contributed by atoms with Crippen molar-refractivity contribution in [1.29, 1.82) is 0 Å². The summed E-state index contributed by atoms with van der Waals surface area (Å²) in [6, 6.07) is 4.11. The first-order valence-corrected chi connectivity index (χ1v) is 7.85. The second-order valence-electron chi connectivity index (χ2n) is 4.81. The Morgan fingerprint density at radius 1 is 1.53 bits per heavy atom. The maximum Gasteiger partial charge on any atom is 0.109 e. The summed E-state index contributed by atoms with van der Waals surface area (Å²) in [5, 5.41) is 0. The van der Waals surface area contributed by atoms with Crippen molar-refractivity contribution in [3.05, 3.63) is 41.2 Å². The molecule has 0 spiro atoms. The Morgan fingerprint density at radius 3 is 3.05 bits per heavy atom. The predicted octanol–water partition coefficient (Wildman–Crippen LogP) is 4.79. The Kier molecular flexibility index (Phi) is 8.76. The largest absolute Gasteiger partial charge is 0.381 e. The van der Waals surface area contributed by atoms with Gasteiger partial charge in [-0.15, -0.1) is 6.58 Å². The monoisotopic (exact) mass is 325 g/mol. The Labute approximate surface area is 125 Å². The quantitative estimate of drug-likeness (QED) is 0.350. The number of aryl methyl sites for hydroxylation is 1. The highest BCUT2D eigenvalue weighted by Gasteiger charge is 2.09. The minimum atomic E-state index is 0.557. The van der Waals surface area contributed by atoms with E-state index in [0.29, 0.717) is 5.92 Å². The number of pyridine rings is 1. The van der Waals surface area contributed by atoms with Crippen LogP contribution in [0, 0.1) is 5.92 Å². The predicted molar refractivity (Wildman–Crippen MR) is 84.3 cm³/mol. The van der Waals surface area contributed by atoms with Crippen LogP contribution in [0.2, 0.25) is 0 Å². The molecule has 19 heavy (non-hydrogen) atoms. The number of allylic oxidation sites excluding steroid dienone is 1. The second kappa shape index (κ2) is 10.2. The maximum atomic E-state index is 5.73. The topological polar surface area (TPSA) is 22.1 Å². The van der Waals surface area contributed by atoms with E-state index in [2.05, 4.69) is 40.5 Å². The van der Waals surface area contributed by atoms with Gasteiger partial charge in [-0.2, -0.15) is 0 Å². The molecule has 0 aliphatic heterocycles. The van der Waals surface area contributed by atoms with Gasteiger partial charge in [-0.3, -0.25) is 0 Å². The van der Waals surface area contributed by atoms with E-state index in [1.807, 2.05) is 18.3 Å². The van der Waals surface area contributed by atoms with E-state index in [4.69, 9.17) is 4.74 Å².